The Morgan fingerprint density at radius 1 is 1.18 bits per heavy atom. The Bertz CT molecular complexity index is 950. The van der Waals surface area contributed by atoms with Gasteiger partial charge in [0.1, 0.15) is 5.54 Å². The maximum Gasteiger partial charge on any atom is 0.513 e. The van der Waals surface area contributed by atoms with Crippen LogP contribution in [0.1, 0.15) is 54.9 Å². The molecule has 2 saturated heterocycles. The average molecular weight is 473 g/mol. The highest BCUT2D eigenvalue weighted by Gasteiger charge is 2.56. The fourth-order valence-corrected chi connectivity index (χ4v) is 5.74. The fourth-order valence-electron chi connectivity index (χ4n) is 5.74. The van der Waals surface area contributed by atoms with Crippen LogP contribution in [0.4, 0.5) is 4.79 Å². The Balaban J connectivity index is 1.87. The number of carbonyl (C=O) groups is 2. The second kappa shape index (κ2) is 10.1. The van der Waals surface area contributed by atoms with Crippen molar-refractivity contribution in [2.75, 3.05) is 40.0 Å². The van der Waals surface area contributed by atoms with E-state index in [0.29, 0.717) is 50.4 Å². The number of aryl methyl sites for hydroxylation is 3. The van der Waals surface area contributed by atoms with Crippen LogP contribution in [0.3, 0.4) is 0 Å². The molecule has 186 valence electrons. The van der Waals surface area contributed by atoms with Crippen LogP contribution < -0.4 is 0 Å². The van der Waals surface area contributed by atoms with Gasteiger partial charge in [-0.25, -0.2) is 4.79 Å². The van der Waals surface area contributed by atoms with E-state index in [4.69, 9.17) is 19.0 Å². The van der Waals surface area contributed by atoms with E-state index >= 15 is 0 Å². The Hall–Kier alpha value is -2.42. The van der Waals surface area contributed by atoms with Crippen LogP contribution in [0.15, 0.2) is 17.9 Å². The van der Waals surface area contributed by atoms with Crippen molar-refractivity contribution in [2.45, 2.75) is 65.0 Å². The number of ether oxygens (including phenoxy) is 3. The SMILES string of the molecule is CCOC(=O)OC1=C(c2c(C)cc(C)cc2C)C(=O)N(CC2CCCO2)C12CCN(OC)CC2. The van der Waals surface area contributed by atoms with Crippen LogP contribution in [-0.2, 0) is 23.8 Å². The van der Waals surface area contributed by atoms with Gasteiger partial charge in [0.2, 0.25) is 0 Å². The molecule has 1 amide bonds. The third kappa shape index (κ3) is 4.46. The summed E-state index contributed by atoms with van der Waals surface area (Å²) in [5.41, 5.74) is 3.62. The predicted octanol–water partition coefficient (Wildman–Crippen LogP) is 3.91. The van der Waals surface area contributed by atoms with Gasteiger partial charge in [0.05, 0.1) is 25.4 Å². The lowest BCUT2D eigenvalue weighted by atomic mass is 9.83. The molecule has 0 aromatic heterocycles. The average Bonchev–Trinajstić information content (AvgIpc) is 3.37. The molecule has 2 fully saturated rings. The summed E-state index contributed by atoms with van der Waals surface area (Å²) in [5.74, 6) is 0.287. The molecular formula is C26H36N2O6. The lowest BCUT2D eigenvalue weighted by Gasteiger charge is -2.45. The Labute approximate surface area is 201 Å². The summed E-state index contributed by atoms with van der Waals surface area (Å²) in [6.07, 6.45) is 2.26. The molecule has 3 heterocycles. The first-order chi connectivity index (χ1) is 16.3. The van der Waals surface area contributed by atoms with Gasteiger partial charge in [-0.2, -0.15) is 5.06 Å². The number of piperidine rings is 1. The zero-order valence-electron chi connectivity index (χ0n) is 20.9. The quantitative estimate of drug-likeness (QED) is 0.581. The third-order valence-corrected chi connectivity index (χ3v) is 7.22. The molecular weight excluding hydrogens is 436 g/mol. The molecule has 0 aliphatic carbocycles. The molecule has 1 aromatic rings. The van der Waals surface area contributed by atoms with Gasteiger partial charge in [0.25, 0.3) is 5.91 Å². The predicted molar refractivity (Wildman–Crippen MR) is 127 cm³/mol. The maximum absolute atomic E-state index is 14.2. The van der Waals surface area contributed by atoms with Gasteiger partial charge < -0.3 is 23.9 Å². The van der Waals surface area contributed by atoms with Crippen LogP contribution in [0, 0.1) is 20.8 Å². The molecule has 0 N–H and O–H groups in total. The van der Waals surface area contributed by atoms with Crippen LogP contribution in [-0.4, -0.2) is 73.6 Å². The molecule has 0 radical (unpaired) electrons. The number of carbonyl (C=O) groups excluding carboxylic acids is 2. The van der Waals surface area contributed by atoms with E-state index in [0.717, 1.165) is 35.1 Å². The van der Waals surface area contributed by atoms with E-state index in [2.05, 4.69) is 12.1 Å². The van der Waals surface area contributed by atoms with E-state index in [-0.39, 0.29) is 18.6 Å². The number of amides is 1. The molecule has 0 saturated carbocycles. The van der Waals surface area contributed by atoms with Crippen LogP contribution in [0.2, 0.25) is 0 Å². The molecule has 1 aromatic carbocycles. The Morgan fingerprint density at radius 3 is 2.41 bits per heavy atom. The number of hydrogen-bond acceptors (Lipinski definition) is 7. The van der Waals surface area contributed by atoms with Crippen LogP contribution in [0.5, 0.6) is 0 Å². The van der Waals surface area contributed by atoms with E-state index in [1.54, 1.807) is 14.0 Å². The van der Waals surface area contributed by atoms with Crippen molar-refractivity contribution in [3.05, 3.63) is 40.1 Å². The lowest BCUT2D eigenvalue weighted by molar-refractivity contribution is -0.165. The second-order valence-corrected chi connectivity index (χ2v) is 9.46. The van der Waals surface area contributed by atoms with Crippen molar-refractivity contribution in [1.82, 2.24) is 9.96 Å². The molecule has 0 bridgehead atoms. The summed E-state index contributed by atoms with van der Waals surface area (Å²) in [6, 6.07) is 4.13. The van der Waals surface area contributed by atoms with E-state index in [1.165, 1.54) is 0 Å². The van der Waals surface area contributed by atoms with Crippen LogP contribution in [0.25, 0.3) is 5.57 Å². The highest BCUT2D eigenvalue weighted by molar-refractivity contribution is 6.24. The van der Waals surface area contributed by atoms with Crippen molar-refractivity contribution in [3.8, 4) is 0 Å². The topological polar surface area (TPSA) is 77.5 Å². The van der Waals surface area contributed by atoms with Crippen molar-refractivity contribution in [1.29, 1.82) is 0 Å². The normalized spacial score (nSPS) is 22.7. The van der Waals surface area contributed by atoms with Crippen molar-refractivity contribution in [2.24, 2.45) is 0 Å². The summed E-state index contributed by atoms with van der Waals surface area (Å²) >= 11 is 0. The van der Waals surface area contributed by atoms with Gasteiger partial charge in [0, 0.05) is 26.2 Å². The lowest BCUT2D eigenvalue weighted by Crippen LogP contribution is -2.57. The molecule has 34 heavy (non-hydrogen) atoms. The molecule has 1 spiro atoms. The molecule has 4 rings (SSSR count). The van der Waals surface area contributed by atoms with Crippen molar-refractivity contribution < 1.29 is 28.6 Å². The van der Waals surface area contributed by atoms with Crippen molar-refractivity contribution >= 4 is 17.6 Å². The van der Waals surface area contributed by atoms with E-state index in [9.17, 15) is 9.59 Å². The van der Waals surface area contributed by atoms with Gasteiger partial charge in [-0.15, -0.1) is 0 Å². The van der Waals surface area contributed by atoms with Gasteiger partial charge >= 0.3 is 6.16 Å². The second-order valence-electron chi connectivity index (χ2n) is 9.46. The molecule has 8 heteroatoms. The number of rotatable bonds is 6. The third-order valence-electron chi connectivity index (χ3n) is 7.22. The van der Waals surface area contributed by atoms with Gasteiger partial charge in [-0.05, 0) is 70.1 Å². The molecule has 1 unspecified atom stereocenters. The zero-order chi connectivity index (χ0) is 24.5. The molecule has 1 atom stereocenters. The monoisotopic (exact) mass is 472 g/mol. The van der Waals surface area contributed by atoms with Crippen LogP contribution >= 0.6 is 0 Å². The maximum atomic E-state index is 14.2. The molecule has 8 nitrogen and oxygen atoms in total. The Kier molecular flexibility index (Phi) is 7.31. The summed E-state index contributed by atoms with van der Waals surface area (Å²) in [7, 11) is 1.65. The summed E-state index contributed by atoms with van der Waals surface area (Å²) in [6.45, 7) is 10.4. The summed E-state index contributed by atoms with van der Waals surface area (Å²) < 4.78 is 17.0. The molecule has 3 aliphatic rings. The largest absolute Gasteiger partial charge is 0.513 e. The minimum atomic E-state index is -0.780. The first-order valence-electron chi connectivity index (χ1n) is 12.2. The fraction of sp³-hybridized carbons (Fsp3) is 0.615. The van der Waals surface area contributed by atoms with Crippen molar-refractivity contribution in [3.63, 3.8) is 0 Å². The summed E-state index contributed by atoms with van der Waals surface area (Å²) in [5, 5.41) is 1.88. The van der Waals surface area contributed by atoms with Gasteiger partial charge in [0.15, 0.2) is 5.76 Å². The smallest absolute Gasteiger partial charge is 0.434 e. The minimum Gasteiger partial charge on any atom is -0.434 e. The first kappa shape index (κ1) is 24.7. The standard InChI is InChI=1S/C26H36N2O6/c1-6-32-25(30)34-23-22(21-18(3)14-17(2)15-19(21)4)24(29)28(16-20-8-7-13-33-20)26(23)9-11-27(31-5)12-10-26/h14-15,20H,6-13,16H2,1-5H3. The first-order valence-corrected chi connectivity index (χ1v) is 12.2. The zero-order valence-corrected chi connectivity index (χ0v) is 20.9. The minimum absolute atomic E-state index is 0.0234. The Morgan fingerprint density at radius 2 is 1.85 bits per heavy atom. The van der Waals surface area contributed by atoms with E-state index < -0.39 is 11.7 Å². The number of hydrogen-bond donors (Lipinski definition) is 0. The number of hydroxylamine groups is 2. The van der Waals surface area contributed by atoms with Gasteiger partial charge in [-0.1, -0.05) is 17.7 Å². The highest BCUT2D eigenvalue weighted by Crippen LogP contribution is 2.48. The van der Waals surface area contributed by atoms with Gasteiger partial charge in [-0.3, -0.25) is 4.79 Å². The number of benzene rings is 1. The van der Waals surface area contributed by atoms with E-state index in [1.807, 2.05) is 30.7 Å². The molecule has 3 aliphatic heterocycles. The number of nitrogens with zero attached hydrogens (tertiary/aromatic N) is 2. The summed E-state index contributed by atoms with van der Waals surface area (Å²) in [4.78, 5) is 34.2. The highest BCUT2D eigenvalue weighted by atomic mass is 16.7.